The highest BCUT2D eigenvalue weighted by Crippen LogP contribution is 2.33. The van der Waals surface area contributed by atoms with Crippen LogP contribution in [0.4, 0.5) is 5.69 Å². The molecule has 0 spiro atoms. The normalized spacial score (nSPS) is 12.6. The maximum absolute atomic E-state index is 12.9. The van der Waals surface area contributed by atoms with Crippen LogP contribution in [0.1, 0.15) is 20.7 Å². The molecule has 0 fully saturated rings. The monoisotopic (exact) mass is 521 g/mol. The van der Waals surface area contributed by atoms with Crippen molar-refractivity contribution in [1.82, 2.24) is 0 Å². The minimum absolute atomic E-state index is 0.00984. The van der Waals surface area contributed by atoms with Crippen LogP contribution in [-0.2, 0) is 14.8 Å². The van der Waals surface area contributed by atoms with Gasteiger partial charge in [-0.2, -0.15) is 0 Å². The number of carbonyl (C=O) groups is 2. The van der Waals surface area contributed by atoms with Crippen molar-refractivity contribution in [3.63, 3.8) is 0 Å². The average molecular weight is 522 g/mol. The van der Waals surface area contributed by atoms with E-state index in [4.69, 9.17) is 37.4 Å². The molecule has 0 atom stereocenters. The Morgan fingerprint density at radius 3 is 2.41 bits per heavy atom. The molecule has 3 aromatic carbocycles. The fraction of sp³-hybridized carbons (Fsp3) is 0.130. The molecule has 0 aliphatic carbocycles. The van der Waals surface area contributed by atoms with Gasteiger partial charge in [-0.1, -0.05) is 35.3 Å². The molecule has 0 aromatic heterocycles. The van der Waals surface area contributed by atoms with Crippen molar-refractivity contribution >= 4 is 50.7 Å². The highest BCUT2D eigenvalue weighted by atomic mass is 35.5. The van der Waals surface area contributed by atoms with Gasteiger partial charge in [-0.3, -0.25) is 9.52 Å². The van der Waals surface area contributed by atoms with E-state index in [0.717, 1.165) is 0 Å². The van der Waals surface area contributed by atoms with Crippen molar-refractivity contribution in [3.8, 4) is 11.5 Å². The van der Waals surface area contributed by atoms with Crippen molar-refractivity contribution in [2.45, 2.75) is 4.90 Å². The summed E-state index contributed by atoms with van der Waals surface area (Å²) >= 11 is 11.8. The highest BCUT2D eigenvalue weighted by Gasteiger charge is 2.23. The van der Waals surface area contributed by atoms with Crippen molar-refractivity contribution in [1.29, 1.82) is 0 Å². The molecule has 0 bridgehead atoms. The summed E-state index contributed by atoms with van der Waals surface area (Å²) in [6.07, 6.45) is 0. The van der Waals surface area contributed by atoms with Gasteiger partial charge in [0, 0.05) is 11.6 Å². The number of esters is 1. The Bertz CT molecular complexity index is 1380. The van der Waals surface area contributed by atoms with Gasteiger partial charge in [-0.05, 0) is 42.5 Å². The molecule has 1 N–H and O–H groups in total. The van der Waals surface area contributed by atoms with Gasteiger partial charge in [0.05, 0.1) is 26.2 Å². The second kappa shape index (κ2) is 9.92. The molecule has 1 heterocycles. The lowest BCUT2D eigenvalue weighted by atomic mass is 10.1. The van der Waals surface area contributed by atoms with E-state index in [-0.39, 0.29) is 31.8 Å². The summed E-state index contributed by atoms with van der Waals surface area (Å²) in [6, 6.07) is 14.4. The van der Waals surface area contributed by atoms with Gasteiger partial charge >= 0.3 is 5.97 Å². The number of anilines is 1. The third-order valence-corrected chi connectivity index (χ3v) is 6.89. The van der Waals surface area contributed by atoms with Crippen LogP contribution in [0.2, 0.25) is 10.0 Å². The van der Waals surface area contributed by atoms with Crippen LogP contribution in [0, 0.1) is 0 Å². The minimum atomic E-state index is -4.07. The van der Waals surface area contributed by atoms with Crippen LogP contribution in [0.3, 0.4) is 0 Å². The van der Waals surface area contributed by atoms with Crippen LogP contribution in [0.15, 0.2) is 65.6 Å². The van der Waals surface area contributed by atoms with Gasteiger partial charge in [0.2, 0.25) is 0 Å². The van der Waals surface area contributed by atoms with Crippen LogP contribution < -0.4 is 14.2 Å². The number of nitrogens with one attached hydrogen (secondary N) is 1. The maximum Gasteiger partial charge on any atom is 0.340 e. The van der Waals surface area contributed by atoms with E-state index in [1.54, 1.807) is 12.1 Å². The lowest BCUT2D eigenvalue weighted by molar-refractivity contribution is 0.0476. The smallest absolute Gasteiger partial charge is 0.340 e. The molecule has 34 heavy (non-hydrogen) atoms. The number of halogens is 2. The molecule has 1 aliphatic heterocycles. The SMILES string of the molecule is O=C(COC(=O)c1ccccc1NS(=O)(=O)c1ccc2c(c1)OCCO2)c1ccc(Cl)c(Cl)c1. The Morgan fingerprint density at radius 1 is 0.912 bits per heavy atom. The second-order valence-corrected chi connectivity index (χ2v) is 9.58. The molecule has 3 aromatic rings. The Kier molecular flexibility index (Phi) is 6.97. The average Bonchev–Trinajstić information content (AvgIpc) is 2.83. The first-order chi connectivity index (χ1) is 16.2. The number of fused-ring (bicyclic) bond motifs is 1. The number of rotatable bonds is 7. The van der Waals surface area contributed by atoms with E-state index in [1.165, 1.54) is 48.5 Å². The number of ether oxygens (including phenoxy) is 3. The number of hydrogen-bond acceptors (Lipinski definition) is 7. The lowest BCUT2D eigenvalue weighted by Crippen LogP contribution is -2.19. The summed E-state index contributed by atoms with van der Waals surface area (Å²) in [5.74, 6) is -0.626. The van der Waals surface area contributed by atoms with Crippen molar-refractivity contribution in [2.75, 3.05) is 24.5 Å². The fourth-order valence-electron chi connectivity index (χ4n) is 3.11. The predicted octanol–water partition coefficient (Wildman–Crippen LogP) is 4.61. The van der Waals surface area contributed by atoms with E-state index >= 15 is 0 Å². The van der Waals surface area contributed by atoms with Gasteiger partial charge < -0.3 is 14.2 Å². The summed E-state index contributed by atoms with van der Waals surface area (Å²) in [5, 5.41) is 0.479. The minimum Gasteiger partial charge on any atom is -0.486 e. The number of Topliss-reactive ketones (excluding diaryl/α,β-unsaturated/α-hetero) is 1. The van der Waals surface area contributed by atoms with Crippen LogP contribution in [-0.4, -0.2) is 40.0 Å². The zero-order valence-electron chi connectivity index (χ0n) is 17.4. The number of carbonyl (C=O) groups excluding carboxylic acids is 2. The van der Waals surface area contributed by atoms with E-state index in [9.17, 15) is 18.0 Å². The molecule has 11 heteroatoms. The van der Waals surface area contributed by atoms with Gasteiger partial charge in [-0.15, -0.1) is 0 Å². The summed E-state index contributed by atoms with van der Waals surface area (Å²) in [7, 11) is -4.07. The topological polar surface area (TPSA) is 108 Å². The Labute approximate surface area is 205 Å². The standard InChI is InChI=1S/C23H17Cl2NO7S/c24-17-7-5-14(11-18(17)25)20(27)13-33-23(28)16-3-1-2-4-19(16)26-34(29,30)15-6-8-21-22(12-15)32-10-9-31-21/h1-8,11-12,26H,9-10,13H2. The van der Waals surface area contributed by atoms with Crippen molar-refractivity contribution < 1.29 is 32.2 Å². The first-order valence-electron chi connectivity index (χ1n) is 9.91. The summed E-state index contributed by atoms with van der Waals surface area (Å²) < 4.78 is 44.2. The molecule has 1 aliphatic rings. The van der Waals surface area contributed by atoms with Gasteiger partial charge in [0.25, 0.3) is 10.0 Å². The van der Waals surface area contributed by atoms with Crippen LogP contribution >= 0.6 is 23.2 Å². The third kappa shape index (κ3) is 5.27. The van der Waals surface area contributed by atoms with E-state index in [0.29, 0.717) is 24.7 Å². The molecular weight excluding hydrogens is 505 g/mol. The summed E-state index contributed by atoms with van der Waals surface area (Å²) in [4.78, 5) is 24.9. The molecule has 8 nitrogen and oxygen atoms in total. The molecule has 0 unspecified atom stereocenters. The summed E-state index contributed by atoms with van der Waals surface area (Å²) in [6.45, 7) is 0.111. The van der Waals surface area contributed by atoms with Crippen LogP contribution in [0.5, 0.6) is 11.5 Å². The van der Waals surface area contributed by atoms with Crippen molar-refractivity contribution in [3.05, 3.63) is 81.8 Å². The second-order valence-electron chi connectivity index (χ2n) is 7.08. The number of ketones is 1. The molecule has 0 saturated heterocycles. The molecular formula is C23H17Cl2NO7S. The first kappa shape index (κ1) is 23.9. The van der Waals surface area contributed by atoms with Crippen molar-refractivity contribution in [2.24, 2.45) is 0 Å². The predicted molar refractivity (Wildman–Crippen MR) is 126 cm³/mol. The van der Waals surface area contributed by atoms with Gasteiger partial charge in [-0.25, -0.2) is 13.2 Å². The summed E-state index contributed by atoms with van der Waals surface area (Å²) in [5.41, 5.74) is 0.143. The number of hydrogen-bond donors (Lipinski definition) is 1. The number of sulfonamides is 1. The van der Waals surface area contributed by atoms with E-state index in [2.05, 4.69) is 4.72 Å². The van der Waals surface area contributed by atoms with E-state index in [1.807, 2.05) is 0 Å². The zero-order valence-corrected chi connectivity index (χ0v) is 19.7. The number of para-hydroxylation sites is 1. The lowest BCUT2D eigenvalue weighted by Gasteiger charge is -2.19. The zero-order chi connectivity index (χ0) is 24.3. The quantitative estimate of drug-likeness (QED) is 0.357. The highest BCUT2D eigenvalue weighted by molar-refractivity contribution is 7.92. The van der Waals surface area contributed by atoms with Crippen LogP contribution in [0.25, 0.3) is 0 Å². The maximum atomic E-state index is 12.9. The first-order valence-corrected chi connectivity index (χ1v) is 12.2. The number of benzene rings is 3. The molecule has 176 valence electrons. The largest absolute Gasteiger partial charge is 0.486 e. The van der Waals surface area contributed by atoms with Gasteiger partial charge in [0.15, 0.2) is 23.9 Å². The third-order valence-electron chi connectivity index (χ3n) is 4.79. The van der Waals surface area contributed by atoms with Gasteiger partial charge in [0.1, 0.15) is 13.2 Å². The van der Waals surface area contributed by atoms with E-state index < -0.39 is 28.4 Å². The molecule has 0 radical (unpaired) electrons. The molecule has 4 rings (SSSR count). The fourth-order valence-corrected chi connectivity index (χ4v) is 4.50. The Balaban J connectivity index is 1.49. The Morgan fingerprint density at radius 2 is 1.65 bits per heavy atom. The molecule has 0 saturated carbocycles. The molecule has 0 amide bonds. The Hall–Kier alpha value is -3.27.